The van der Waals surface area contributed by atoms with Gasteiger partial charge in [0, 0.05) is 11.0 Å². The Labute approximate surface area is 165 Å². The fourth-order valence-corrected chi connectivity index (χ4v) is 2.60. The highest BCUT2D eigenvalue weighted by atomic mass is 79.9. The molecule has 0 saturated carbocycles. The maximum absolute atomic E-state index is 13.7. The van der Waals surface area contributed by atoms with Crippen LogP contribution < -0.4 is 10.6 Å². The molecule has 0 aliphatic carbocycles. The van der Waals surface area contributed by atoms with Crippen LogP contribution in [0.1, 0.15) is 49.4 Å². The van der Waals surface area contributed by atoms with Gasteiger partial charge in [-0.1, -0.05) is 29.3 Å². The molecule has 0 radical (unpaired) electrons. The van der Waals surface area contributed by atoms with E-state index in [1.165, 1.54) is 12.1 Å². The predicted octanol–water partition coefficient (Wildman–Crippen LogP) is 3.47. The van der Waals surface area contributed by atoms with Crippen molar-refractivity contribution in [1.82, 2.24) is 10.6 Å². The minimum Gasteiger partial charge on any atom is -0.480 e. The summed E-state index contributed by atoms with van der Waals surface area (Å²) in [6.07, 6.45) is 2.11. The number of unbranched alkanes of at least 4 members (excludes halogenated alkanes) is 2. The third-order valence-electron chi connectivity index (χ3n) is 3.68. The predicted molar refractivity (Wildman–Crippen MR) is 101 cm³/mol. The third kappa shape index (κ3) is 8.85. The largest absolute Gasteiger partial charge is 0.480 e. The highest BCUT2D eigenvalue weighted by Crippen LogP contribution is 2.15. The first-order valence-corrected chi connectivity index (χ1v) is 9.53. The van der Waals surface area contributed by atoms with Crippen molar-refractivity contribution in [3.8, 4) is 0 Å². The van der Waals surface area contributed by atoms with Gasteiger partial charge in [0.15, 0.2) is 0 Å². The molecule has 150 valence electrons. The van der Waals surface area contributed by atoms with Crippen molar-refractivity contribution in [2.24, 2.45) is 0 Å². The number of hydrogen-bond acceptors (Lipinski definition) is 4. The number of alkyl carbamates (subject to hydrolysis) is 1. The van der Waals surface area contributed by atoms with E-state index in [9.17, 15) is 18.8 Å². The highest BCUT2D eigenvalue weighted by molar-refractivity contribution is 9.10. The van der Waals surface area contributed by atoms with E-state index < -0.39 is 29.8 Å². The van der Waals surface area contributed by atoms with E-state index in [1.807, 2.05) is 6.92 Å². The molecule has 0 aliphatic rings. The van der Waals surface area contributed by atoms with Gasteiger partial charge in [0.25, 0.3) is 5.91 Å². The Morgan fingerprint density at radius 3 is 2.63 bits per heavy atom. The molecule has 0 fully saturated rings. The maximum Gasteiger partial charge on any atom is 0.407 e. The summed E-state index contributed by atoms with van der Waals surface area (Å²) in [6.45, 7) is 2.35. The zero-order valence-corrected chi connectivity index (χ0v) is 16.7. The van der Waals surface area contributed by atoms with Gasteiger partial charge in [-0.3, -0.25) is 4.79 Å². The van der Waals surface area contributed by atoms with Crippen molar-refractivity contribution in [2.75, 3.05) is 13.2 Å². The number of aliphatic carboxylic acids is 1. The van der Waals surface area contributed by atoms with Gasteiger partial charge in [0.05, 0.1) is 12.2 Å². The molecule has 0 heterocycles. The van der Waals surface area contributed by atoms with Crippen molar-refractivity contribution in [3.05, 3.63) is 34.1 Å². The van der Waals surface area contributed by atoms with E-state index >= 15 is 0 Å². The van der Waals surface area contributed by atoms with Gasteiger partial charge >= 0.3 is 12.1 Å². The smallest absolute Gasteiger partial charge is 0.407 e. The number of halogens is 2. The molecule has 9 heteroatoms. The number of rotatable bonds is 11. The Balaban J connectivity index is 2.15. The molecule has 27 heavy (non-hydrogen) atoms. The van der Waals surface area contributed by atoms with Crippen molar-refractivity contribution in [2.45, 2.75) is 45.1 Å². The van der Waals surface area contributed by atoms with E-state index in [4.69, 9.17) is 9.84 Å². The zero-order valence-electron chi connectivity index (χ0n) is 15.1. The second-order valence-electron chi connectivity index (χ2n) is 5.90. The molecule has 3 N–H and O–H groups in total. The second-order valence-corrected chi connectivity index (χ2v) is 6.82. The Hall–Kier alpha value is -2.16. The number of carbonyl (C=O) groups excluding carboxylic acids is 2. The summed E-state index contributed by atoms with van der Waals surface area (Å²) in [6, 6.07) is 3.28. The van der Waals surface area contributed by atoms with Crippen molar-refractivity contribution in [3.63, 3.8) is 0 Å². The molecule has 0 bridgehead atoms. The quantitative estimate of drug-likeness (QED) is 0.451. The molecule has 1 atom stereocenters. The van der Waals surface area contributed by atoms with Crippen molar-refractivity contribution in [1.29, 1.82) is 0 Å². The third-order valence-corrected chi connectivity index (χ3v) is 4.18. The van der Waals surface area contributed by atoms with Gasteiger partial charge in [-0.25, -0.2) is 14.0 Å². The van der Waals surface area contributed by atoms with Gasteiger partial charge in [-0.2, -0.15) is 0 Å². The summed E-state index contributed by atoms with van der Waals surface area (Å²) in [4.78, 5) is 34.3. The lowest BCUT2D eigenvalue weighted by molar-refractivity contribution is -0.139. The average molecular weight is 447 g/mol. The number of hydrogen-bond donors (Lipinski definition) is 3. The summed E-state index contributed by atoms with van der Waals surface area (Å²) in [5.74, 6) is -2.16. The van der Waals surface area contributed by atoms with Crippen LogP contribution in [-0.4, -0.2) is 42.3 Å². The number of carbonyl (C=O) groups is 3. The molecule has 0 aliphatic heterocycles. The second kappa shape index (κ2) is 12.3. The zero-order chi connectivity index (χ0) is 20.2. The van der Waals surface area contributed by atoms with E-state index in [-0.39, 0.29) is 12.2 Å². The highest BCUT2D eigenvalue weighted by Gasteiger charge is 2.19. The SMILES string of the molecule is CCC[C@H](NC(=O)OCCCCCNC(=O)c1ccc(Br)cc1F)C(=O)O. The summed E-state index contributed by atoms with van der Waals surface area (Å²) < 4.78 is 19.2. The van der Waals surface area contributed by atoms with Crippen LogP contribution in [-0.2, 0) is 9.53 Å². The van der Waals surface area contributed by atoms with Crippen molar-refractivity contribution < 1.29 is 28.6 Å². The fourth-order valence-electron chi connectivity index (χ4n) is 2.27. The Bertz CT molecular complexity index is 657. The molecular weight excluding hydrogens is 423 g/mol. The van der Waals surface area contributed by atoms with Crippen LogP contribution in [0.3, 0.4) is 0 Å². The summed E-state index contributed by atoms with van der Waals surface area (Å²) in [7, 11) is 0. The minimum absolute atomic E-state index is 0.0155. The Kier molecular flexibility index (Phi) is 10.4. The van der Waals surface area contributed by atoms with E-state index in [1.54, 1.807) is 6.07 Å². The molecular formula is C18H24BrFN2O5. The van der Waals surface area contributed by atoms with E-state index in [2.05, 4.69) is 26.6 Å². The number of ether oxygens (including phenoxy) is 1. The van der Waals surface area contributed by atoms with Crippen LogP contribution in [0.5, 0.6) is 0 Å². The topological polar surface area (TPSA) is 105 Å². The lowest BCUT2D eigenvalue weighted by Crippen LogP contribution is -2.41. The minimum atomic E-state index is -1.09. The standard InChI is InChI=1S/C18H24BrFN2O5/c1-2-6-15(17(24)25)22-18(26)27-10-5-3-4-9-21-16(23)13-8-7-12(19)11-14(13)20/h7-8,11,15H,2-6,9-10H2,1H3,(H,21,23)(H,22,26)(H,24,25)/t15-/m0/s1. The van der Waals surface area contributed by atoms with Crippen LogP contribution in [0.4, 0.5) is 9.18 Å². The normalized spacial score (nSPS) is 11.5. The van der Waals surface area contributed by atoms with E-state index in [0.717, 1.165) is 0 Å². The van der Waals surface area contributed by atoms with Gasteiger partial charge in [-0.05, 0) is 43.9 Å². The number of nitrogens with one attached hydrogen (secondary N) is 2. The van der Waals surface area contributed by atoms with E-state index in [0.29, 0.717) is 43.1 Å². The summed E-state index contributed by atoms with van der Waals surface area (Å²) in [5, 5.41) is 13.9. The van der Waals surface area contributed by atoms with Gasteiger partial charge in [-0.15, -0.1) is 0 Å². The van der Waals surface area contributed by atoms with Crippen molar-refractivity contribution >= 4 is 33.9 Å². The molecule has 0 saturated heterocycles. The number of carboxylic acid groups (broad SMARTS) is 1. The monoisotopic (exact) mass is 446 g/mol. The molecule has 0 spiro atoms. The molecule has 1 aromatic carbocycles. The average Bonchev–Trinajstić information content (AvgIpc) is 2.60. The molecule has 7 nitrogen and oxygen atoms in total. The first-order valence-electron chi connectivity index (χ1n) is 8.74. The Morgan fingerprint density at radius 2 is 2.00 bits per heavy atom. The number of amides is 2. The van der Waals surface area contributed by atoms with Crippen LogP contribution in [0.25, 0.3) is 0 Å². The lowest BCUT2D eigenvalue weighted by Gasteiger charge is -2.13. The molecule has 1 rings (SSSR count). The van der Waals surface area contributed by atoms with Gasteiger partial charge in [0.2, 0.25) is 0 Å². The first kappa shape index (κ1) is 22.9. The number of carboxylic acids is 1. The maximum atomic E-state index is 13.7. The summed E-state index contributed by atoms with van der Waals surface area (Å²) in [5.41, 5.74) is -0.0155. The van der Waals surface area contributed by atoms with Gasteiger partial charge in [0.1, 0.15) is 11.9 Å². The molecule has 2 amide bonds. The Morgan fingerprint density at radius 1 is 1.26 bits per heavy atom. The first-order chi connectivity index (χ1) is 12.8. The lowest BCUT2D eigenvalue weighted by atomic mass is 10.2. The molecule has 1 aromatic rings. The fraction of sp³-hybridized carbons (Fsp3) is 0.500. The molecule has 0 aromatic heterocycles. The summed E-state index contributed by atoms with van der Waals surface area (Å²) >= 11 is 3.13. The number of benzene rings is 1. The molecule has 0 unspecified atom stereocenters. The van der Waals surface area contributed by atoms with Crippen LogP contribution in [0.15, 0.2) is 22.7 Å². The van der Waals surface area contributed by atoms with Crippen LogP contribution in [0.2, 0.25) is 0 Å². The van der Waals surface area contributed by atoms with Crippen LogP contribution >= 0.6 is 15.9 Å². The van der Waals surface area contributed by atoms with Crippen LogP contribution in [0, 0.1) is 5.82 Å². The van der Waals surface area contributed by atoms with Gasteiger partial charge < -0.3 is 20.5 Å².